The van der Waals surface area contributed by atoms with Gasteiger partial charge in [-0.3, -0.25) is 4.79 Å². The molecule has 0 spiro atoms. The third-order valence-electron chi connectivity index (χ3n) is 2.57. The molecule has 0 bridgehead atoms. The third-order valence-corrected chi connectivity index (χ3v) is 2.57. The van der Waals surface area contributed by atoms with Gasteiger partial charge in [-0.25, -0.2) is 0 Å². The summed E-state index contributed by atoms with van der Waals surface area (Å²) in [6, 6.07) is 0.500. The second kappa shape index (κ2) is 10.5. The number of nitrogens with one attached hydrogen (secondary N) is 1. The Morgan fingerprint density at radius 3 is 2.28 bits per heavy atom. The van der Waals surface area contributed by atoms with Crippen LogP contribution in [0.15, 0.2) is 0 Å². The second-order valence-electron chi connectivity index (χ2n) is 5.14. The molecule has 1 N–H and O–H groups in total. The molecule has 0 unspecified atom stereocenters. The lowest BCUT2D eigenvalue weighted by Gasteiger charge is -2.14. The van der Waals surface area contributed by atoms with Gasteiger partial charge < -0.3 is 14.8 Å². The highest BCUT2D eigenvalue weighted by Crippen LogP contribution is 2.03. The Morgan fingerprint density at radius 2 is 1.72 bits per heavy atom. The highest BCUT2D eigenvalue weighted by molar-refractivity contribution is 5.84. The summed E-state index contributed by atoms with van der Waals surface area (Å²) in [7, 11) is 0. The van der Waals surface area contributed by atoms with E-state index >= 15 is 0 Å². The molecule has 4 heteroatoms. The molecule has 0 aromatic carbocycles. The van der Waals surface area contributed by atoms with E-state index in [-0.39, 0.29) is 17.8 Å². The number of hydrogen-bond donors (Lipinski definition) is 1. The standard InChI is InChI=1S/C14H29NO3/c1-11(2)14(16)13(5)18-9-6-8-17-10-7-15-12(3)4/h11-13,15H,6-10H2,1-5H3/t13-/m1/s1. The highest BCUT2D eigenvalue weighted by Gasteiger charge is 2.16. The van der Waals surface area contributed by atoms with Crippen molar-refractivity contribution in [2.75, 3.05) is 26.4 Å². The highest BCUT2D eigenvalue weighted by atomic mass is 16.5. The van der Waals surface area contributed by atoms with Crippen molar-refractivity contribution in [1.82, 2.24) is 5.32 Å². The maximum absolute atomic E-state index is 11.5. The first-order valence-corrected chi connectivity index (χ1v) is 6.91. The monoisotopic (exact) mass is 259 g/mol. The van der Waals surface area contributed by atoms with E-state index < -0.39 is 0 Å². The van der Waals surface area contributed by atoms with E-state index in [9.17, 15) is 4.79 Å². The first-order valence-electron chi connectivity index (χ1n) is 6.91. The van der Waals surface area contributed by atoms with E-state index in [2.05, 4.69) is 19.2 Å². The van der Waals surface area contributed by atoms with E-state index in [0.29, 0.717) is 19.3 Å². The van der Waals surface area contributed by atoms with Gasteiger partial charge in [0.1, 0.15) is 6.10 Å². The molecular weight excluding hydrogens is 230 g/mol. The molecule has 0 saturated carbocycles. The van der Waals surface area contributed by atoms with Gasteiger partial charge in [-0.15, -0.1) is 0 Å². The predicted octanol–water partition coefficient (Wildman–Crippen LogP) is 2.02. The van der Waals surface area contributed by atoms with E-state index in [4.69, 9.17) is 9.47 Å². The van der Waals surface area contributed by atoms with Gasteiger partial charge in [-0.1, -0.05) is 27.7 Å². The van der Waals surface area contributed by atoms with Crippen LogP contribution in [0.4, 0.5) is 0 Å². The molecule has 18 heavy (non-hydrogen) atoms. The van der Waals surface area contributed by atoms with Gasteiger partial charge in [0, 0.05) is 31.7 Å². The largest absolute Gasteiger partial charge is 0.380 e. The fourth-order valence-corrected chi connectivity index (χ4v) is 1.49. The maximum atomic E-state index is 11.5. The molecule has 0 saturated heterocycles. The smallest absolute Gasteiger partial charge is 0.163 e. The third kappa shape index (κ3) is 9.57. The summed E-state index contributed by atoms with van der Waals surface area (Å²) in [5, 5.41) is 3.28. The Morgan fingerprint density at radius 1 is 1.06 bits per heavy atom. The van der Waals surface area contributed by atoms with Crippen LogP contribution < -0.4 is 5.32 Å². The summed E-state index contributed by atoms with van der Waals surface area (Å²) in [5.41, 5.74) is 0. The van der Waals surface area contributed by atoms with Crippen LogP contribution >= 0.6 is 0 Å². The lowest BCUT2D eigenvalue weighted by molar-refractivity contribution is -0.132. The second-order valence-corrected chi connectivity index (χ2v) is 5.14. The number of rotatable bonds is 11. The Balaban J connectivity index is 3.33. The van der Waals surface area contributed by atoms with Crippen molar-refractivity contribution >= 4 is 5.78 Å². The van der Waals surface area contributed by atoms with Crippen molar-refractivity contribution in [2.24, 2.45) is 5.92 Å². The molecule has 0 radical (unpaired) electrons. The molecule has 0 fully saturated rings. The van der Waals surface area contributed by atoms with Crippen LogP contribution in [0.25, 0.3) is 0 Å². The van der Waals surface area contributed by atoms with Gasteiger partial charge >= 0.3 is 0 Å². The first kappa shape index (κ1) is 17.6. The minimum absolute atomic E-state index is 0.0401. The molecule has 0 aliphatic carbocycles. The van der Waals surface area contributed by atoms with Gasteiger partial charge in [0.05, 0.1) is 6.61 Å². The fraction of sp³-hybridized carbons (Fsp3) is 0.929. The summed E-state index contributed by atoms with van der Waals surface area (Å²) < 4.78 is 10.9. The molecule has 0 aliphatic rings. The summed E-state index contributed by atoms with van der Waals surface area (Å²) in [6.45, 7) is 12.7. The molecule has 0 rings (SSSR count). The molecule has 1 atom stereocenters. The molecule has 0 aromatic rings. The van der Waals surface area contributed by atoms with Crippen LogP contribution in [-0.2, 0) is 14.3 Å². The number of ketones is 1. The number of ether oxygens (including phenoxy) is 2. The van der Waals surface area contributed by atoms with Crippen molar-refractivity contribution in [3.63, 3.8) is 0 Å². The molecule has 0 aliphatic heterocycles. The van der Waals surface area contributed by atoms with E-state index in [1.54, 1.807) is 0 Å². The number of carbonyl (C=O) groups excluding carboxylic acids is 1. The van der Waals surface area contributed by atoms with Crippen LogP contribution in [0, 0.1) is 5.92 Å². The molecular formula is C14H29NO3. The topological polar surface area (TPSA) is 47.6 Å². The summed E-state index contributed by atoms with van der Waals surface area (Å²) in [5.74, 6) is 0.204. The van der Waals surface area contributed by atoms with Gasteiger partial charge in [0.25, 0.3) is 0 Å². The van der Waals surface area contributed by atoms with E-state index in [0.717, 1.165) is 19.6 Å². The van der Waals surface area contributed by atoms with Crippen molar-refractivity contribution in [2.45, 2.75) is 53.2 Å². The van der Waals surface area contributed by atoms with Crippen molar-refractivity contribution < 1.29 is 14.3 Å². The molecule has 108 valence electrons. The van der Waals surface area contributed by atoms with Gasteiger partial charge in [0.2, 0.25) is 0 Å². The van der Waals surface area contributed by atoms with E-state index in [1.165, 1.54) is 0 Å². The quantitative estimate of drug-likeness (QED) is 0.577. The normalized spacial score (nSPS) is 13.3. The van der Waals surface area contributed by atoms with Crippen LogP contribution in [0.2, 0.25) is 0 Å². The zero-order valence-electron chi connectivity index (χ0n) is 12.5. The summed E-state index contributed by atoms with van der Waals surface area (Å²) in [4.78, 5) is 11.5. The van der Waals surface area contributed by atoms with Crippen molar-refractivity contribution in [3.05, 3.63) is 0 Å². The Bertz CT molecular complexity index is 217. The molecule has 0 amide bonds. The molecule has 0 heterocycles. The Kier molecular flexibility index (Phi) is 10.2. The number of hydrogen-bond acceptors (Lipinski definition) is 4. The van der Waals surface area contributed by atoms with Gasteiger partial charge in [-0.2, -0.15) is 0 Å². The zero-order chi connectivity index (χ0) is 14.0. The molecule has 4 nitrogen and oxygen atoms in total. The maximum Gasteiger partial charge on any atom is 0.163 e. The Labute approximate surface area is 111 Å². The van der Waals surface area contributed by atoms with Crippen LogP contribution in [0.3, 0.4) is 0 Å². The molecule has 0 aromatic heterocycles. The minimum Gasteiger partial charge on any atom is -0.380 e. The van der Waals surface area contributed by atoms with Gasteiger partial charge in [-0.05, 0) is 13.3 Å². The van der Waals surface area contributed by atoms with Gasteiger partial charge in [0.15, 0.2) is 5.78 Å². The average Bonchev–Trinajstić information content (AvgIpc) is 2.30. The first-order chi connectivity index (χ1) is 8.45. The van der Waals surface area contributed by atoms with Crippen molar-refractivity contribution in [3.8, 4) is 0 Å². The lowest BCUT2D eigenvalue weighted by atomic mass is 10.1. The van der Waals surface area contributed by atoms with Crippen LogP contribution in [0.1, 0.15) is 41.0 Å². The zero-order valence-corrected chi connectivity index (χ0v) is 12.5. The minimum atomic E-state index is -0.299. The number of carbonyl (C=O) groups is 1. The number of Topliss-reactive ketones (excluding diaryl/α,β-unsaturated/α-hetero) is 1. The van der Waals surface area contributed by atoms with Crippen LogP contribution in [0.5, 0.6) is 0 Å². The fourth-order valence-electron chi connectivity index (χ4n) is 1.49. The SMILES string of the molecule is CC(C)NCCOCCCO[C@H](C)C(=O)C(C)C. The Hall–Kier alpha value is -0.450. The predicted molar refractivity (Wildman–Crippen MR) is 73.8 cm³/mol. The van der Waals surface area contributed by atoms with E-state index in [1.807, 2.05) is 20.8 Å². The average molecular weight is 259 g/mol. The lowest BCUT2D eigenvalue weighted by Crippen LogP contribution is -2.27. The van der Waals surface area contributed by atoms with Crippen molar-refractivity contribution in [1.29, 1.82) is 0 Å². The summed E-state index contributed by atoms with van der Waals surface area (Å²) in [6.07, 6.45) is 0.532. The summed E-state index contributed by atoms with van der Waals surface area (Å²) >= 11 is 0. The van der Waals surface area contributed by atoms with Crippen LogP contribution in [-0.4, -0.2) is 44.3 Å².